The van der Waals surface area contributed by atoms with Gasteiger partial charge in [-0.05, 0) is 30.4 Å². The molecule has 0 aliphatic carbocycles. The molecule has 4 nitrogen and oxygen atoms in total. The van der Waals surface area contributed by atoms with Gasteiger partial charge in [0.15, 0.2) is 0 Å². The second-order valence-corrected chi connectivity index (χ2v) is 9.00. The molecule has 2 heterocycles. The molecule has 0 aromatic heterocycles. The van der Waals surface area contributed by atoms with Gasteiger partial charge in [-0.25, -0.2) is 12.8 Å². The summed E-state index contributed by atoms with van der Waals surface area (Å²) in [4.78, 5) is 2.27. The Morgan fingerprint density at radius 2 is 1.95 bits per heavy atom. The van der Waals surface area contributed by atoms with Crippen molar-refractivity contribution >= 4 is 21.4 Å². The first-order valence-electron chi connectivity index (χ1n) is 7.38. The van der Waals surface area contributed by atoms with Crippen molar-refractivity contribution in [3.8, 4) is 5.75 Å². The third-order valence-electron chi connectivity index (χ3n) is 4.57. The number of benzene rings is 1. The zero-order chi connectivity index (χ0) is 15.8. The summed E-state index contributed by atoms with van der Waals surface area (Å²) in [5.41, 5.74) is 0.199. The molecule has 0 N–H and O–H groups in total. The van der Waals surface area contributed by atoms with E-state index in [9.17, 15) is 12.8 Å². The molecule has 1 aromatic carbocycles. The molecule has 3 rings (SSSR count). The lowest BCUT2D eigenvalue weighted by Crippen LogP contribution is -2.59. The Kier molecular flexibility index (Phi) is 4.36. The highest BCUT2D eigenvalue weighted by Crippen LogP contribution is 2.40. The Labute approximate surface area is 135 Å². The van der Waals surface area contributed by atoms with E-state index in [2.05, 4.69) is 4.90 Å². The topological polar surface area (TPSA) is 46.6 Å². The highest BCUT2D eigenvalue weighted by atomic mass is 35.5. The monoisotopic (exact) mass is 347 g/mol. The van der Waals surface area contributed by atoms with E-state index in [4.69, 9.17) is 16.3 Å². The minimum Gasteiger partial charge on any atom is -0.492 e. The number of ether oxygens (including phenoxy) is 1. The highest BCUT2D eigenvalue weighted by Gasteiger charge is 2.45. The van der Waals surface area contributed by atoms with Crippen molar-refractivity contribution in [2.24, 2.45) is 5.41 Å². The summed E-state index contributed by atoms with van der Waals surface area (Å²) < 4.78 is 41.5. The zero-order valence-electron chi connectivity index (χ0n) is 12.2. The van der Waals surface area contributed by atoms with E-state index in [1.165, 1.54) is 12.1 Å². The Morgan fingerprint density at radius 1 is 1.27 bits per heavy atom. The molecule has 0 bridgehead atoms. The SMILES string of the molecule is O=S1(=O)CCC2(CC1)CN(CCOc1ccc(F)c(Cl)c1)C2. The molecule has 1 spiro atoms. The second-order valence-electron chi connectivity index (χ2n) is 6.29. The van der Waals surface area contributed by atoms with Crippen molar-refractivity contribution in [3.05, 3.63) is 29.0 Å². The van der Waals surface area contributed by atoms with Gasteiger partial charge in [-0.3, -0.25) is 4.90 Å². The van der Waals surface area contributed by atoms with Gasteiger partial charge in [-0.2, -0.15) is 0 Å². The lowest BCUT2D eigenvalue weighted by atomic mass is 9.75. The maximum absolute atomic E-state index is 13.0. The van der Waals surface area contributed by atoms with E-state index >= 15 is 0 Å². The van der Waals surface area contributed by atoms with Crippen molar-refractivity contribution in [2.75, 3.05) is 37.7 Å². The van der Waals surface area contributed by atoms with Crippen LogP contribution in [-0.4, -0.2) is 51.1 Å². The Morgan fingerprint density at radius 3 is 2.59 bits per heavy atom. The largest absolute Gasteiger partial charge is 0.492 e. The average Bonchev–Trinajstić information content (AvgIpc) is 2.43. The predicted molar refractivity (Wildman–Crippen MR) is 83.7 cm³/mol. The highest BCUT2D eigenvalue weighted by molar-refractivity contribution is 7.91. The summed E-state index contributed by atoms with van der Waals surface area (Å²) in [6.07, 6.45) is 1.56. The van der Waals surface area contributed by atoms with Crippen LogP contribution in [0.2, 0.25) is 5.02 Å². The number of nitrogens with zero attached hydrogens (tertiary/aromatic N) is 1. The molecule has 1 aromatic rings. The Balaban J connectivity index is 1.41. The molecule has 2 saturated heterocycles. The van der Waals surface area contributed by atoms with Crippen LogP contribution in [0.3, 0.4) is 0 Å². The van der Waals surface area contributed by atoms with Crippen LogP contribution < -0.4 is 4.74 Å². The molecule has 2 aliphatic heterocycles. The fraction of sp³-hybridized carbons (Fsp3) is 0.600. The van der Waals surface area contributed by atoms with Gasteiger partial charge in [0.2, 0.25) is 0 Å². The maximum Gasteiger partial charge on any atom is 0.150 e. The minimum absolute atomic E-state index is 0.0591. The van der Waals surface area contributed by atoms with Crippen LogP contribution in [0, 0.1) is 11.2 Å². The molecule has 0 atom stereocenters. The number of halogens is 2. The third-order valence-corrected chi connectivity index (χ3v) is 6.51. The summed E-state index contributed by atoms with van der Waals surface area (Å²) >= 11 is 5.70. The Hall–Kier alpha value is -0.850. The quantitative estimate of drug-likeness (QED) is 0.839. The van der Waals surface area contributed by atoms with Crippen molar-refractivity contribution in [2.45, 2.75) is 12.8 Å². The Bertz CT molecular complexity index is 643. The van der Waals surface area contributed by atoms with Crippen LogP contribution in [-0.2, 0) is 9.84 Å². The second kappa shape index (κ2) is 5.98. The number of sulfone groups is 1. The number of hydrogen-bond acceptors (Lipinski definition) is 4. The lowest BCUT2D eigenvalue weighted by molar-refractivity contribution is -0.0141. The van der Waals surface area contributed by atoms with Gasteiger partial charge >= 0.3 is 0 Å². The van der Waals surface area contributed by atoms with Crippen molar-refractivity contribution < 1.29 is 17.5 Å². The predicted octanol–water partition coefficient (Wildman–Crippen LogP) is 2.37. The summed E-state index contributed by atoms with van der Waals surface area (Å²) in [6, 6.07) is 4.32. The van der Waals surface area contributed by atoms with E-state index in [-0.39, 0.29) is 10.4 Å². The van der Waals surface area contributed by atoms with Crippen molar-refractivity contribution in [3.63, 3.8) is 0 Å². The molecule has 0 unspecified atom stereocenters. The summed E-state index contributed by atoms with van der Waals surface area (Å²) in [6.45, 7) is 3.17. The number of rotatable bonds is 4. The van der Waals surface area contributed by atoms with Gasteiger partial charge in [0.05, 0.1) is 16.5 Å². The van der Waals surface area contributed by atoms with Crippen molar-refractivity contribution in [1.29, 1.82) is 0 Å². The fourth-order valence-electron chi connectivity index (χ4n) is 3.21. The summed E-state index contributed by atoms with van der Waals surface area (Å²) in [5.74, 6) is 0.757. The molecular weight excluding hydrogens is 329 g/mol. The van der Waals surface area contributed by atoms with Crippen LogP contribution in [0.25, 0.3) is 0 Å². The summed E-state index contributed by atoms with van der Waals surface area (Å²) in [7, 11) is -2.79. The van der Waals surface area contributed by atoms with Gasteiger partial charge in [0.25, 0.3) is 0 Å². The van der Waals surface area contributed by atoms with Gasteiger partial charge in [0, 0.05) is 25.7 Å². The first-order valence-corrected chi connectivity index (χ1v) is 9.58. The van der Waals surface area contributed by atoms with E-state index in [1.54, 1.807) is 6.07 Å². The van der Waals surface area contributed by atoms with Crippen molar-refractivity contribution in [1.82, 2.24) is 4.90 Å². The molecule has 0 radical (unpaired) electrons. The molecule has 2 aliphatic rings. The zero-order valence-corrected chi connectivity index (χ0v) is 13.8. The minimum atomic E-state index is -2.79. The molecule has 0 saturated carbocycles. The van der Waals surface area contributed by atoms with Gasteiger partial charge < -0.3 is 4.74 Å². The third kappa shape index (κ3) is 3.55. The molecule has 0 amide bonds. The van der Waals surface area contributed by atoms with Crippen LogP contribution in [0.5, 0.6) is 5.75 Å². The molecule has 122 valence electrons. The van der Waals surface area contributed by atoms with Gasteiger partial charge in [-0.1, -0.05) is 11.6 Å². The molecule has 22 heavy (non-hydrogen) atoms. The number of likely N-dealkylation sites (tertiary alicyclic amines) is 1. The first kappa shape index (κ1) is 16.0. The summed E-state index contributed by atoms with van der Waals surface area (Å²) in [5, 5.41) is 0.0591. The van der Waals surface area contributed by atoms with Crippen LogP contribution in [0.15, 0.2) is 18.2 Å². The fourth-order valence-corrected chi connectivity index (χ4v) is 5.07. The van der Waals surface area contributed by atoms with E-state index in [1.807, 2.05) is 0 Å². The molecule has 7 heteroatoms. The standard InChI is InChI=1S/C15H19ClFNO3S/c16-13-9-12(1-2-14(13)17)21-6-5-18-10-15(11-18)3-7-22(19,20)8-4-15/h1-2,9H,3-8,10-11H2. The molecular formula is C15H19ClFNO3S. The molecule has 2 fully saturated rings. The van der Waals surface area contributed by atoms with Crippen LogP contribution in [0.1, 0.15) is 12.8 Å². The van der Waals surface area contributed by atoms with E-state index in [0.717, 1.165) is 32.5 Å². The van der Waals surface area contributed by atoms with E-state index in [0.29, 0.717) is 23.9 Å². The van der Waals surface area contributed by atoms with Gasteiger partial charge in [0.1, 0.15) is 28.0 Å². The van der Waals surface area contributed by atoms with Crippen LogP contribution >= 0.6 is 11.6 Å². The lowest BCUT2D eigenvalue weighted by Gasteiger charge is -2.52. The normalized spacial score (nSPS) is 23.2. The average molecular weight is 348 g/mol. The smallest absolute Gasteiger partial charge is 0.150 e. The van der Waals surface area contributed by atoms with Gasteiger partial charge in [-0.15, -0.1) is 0 Å². The maximum atomic E-state index is 13.0. The number of hydrogen-bond donors (Lipinski definition) is 0. The van der Waals surface area contributed by atoms with E-state index < -0.39 is 15.7 Å². The van der Waals surface area contributed by atoms with Crippen LogP contribution in [0.4, 0.5) is 4.39 Å². The first-order chi connectivity index (χ1) is 10.4.